The summed E-state index contributed by atoms with van der Waals surface area (Å²) in [6.07, 6.45) is 3.47. The lowest BCUT2D eigenvalue weighted by Gasteiger charge is -2.13. The first-order valence-electron chi connectivity index (χ1n) is 14.9. The number of amidine groups is 1. The van der Waals surface area contributed by atoms with Gasteiger partial charge in [0.2, 0.25) is 0 Å². The summed E-state index contributed by atoms with van der Waals surface area (Å²) in [5, 5.41) is 11.2. The van der Waals surface area contributed by atoms with Gasteiger partial charge in [-0.2, -0.15) is 0 Å². The molecule has 3 heterocycles. The second kappa shape index (κ2) is 12.7. The Kier molecular flexibility index (Phi) is 8.46. The van der Waals surface area contributed by atoms with Gasteiger partial charge in [-0.05, 0) is 86.1 Å². The molecule has 0 unspecified atom stereocenters. The molecule has 242 valence electrons. The number of hydrogen-bond acceptors (Lipinski definition) is 7. The fourth-order valence-corrected chi connectivity index (χ4v) is 6.56. The molecule has 5 aromatic rings. The van der Waals surface area contributed by atoms with E-state index in [0.29, 0.717) is 33.9 Å². The van der Waals surface area contributed by atoms with Gasteiger partial charge < -0.3 is 0 Å². The van der Waals surface area contributed by atoms with E-state index in [2.05, 4.69) is 0 Å². The molecule has 0 atom stereocenters. The van der Waals surface area contributed by atoms with Crippen LogP contribution in [0.2, 0.25) is 0 Å². The second-order valence-electron chi connectivity index (χ2n) is 11.2. The minimum Gasteiger partial charge on any atom is -0.283 e. The normalized spacial score (nSPS) is 15.2. The molecule has 0 spiro atoms. The number of benzene rings is 3. The second-order valence-corrected chi connectivity index (χ2v) is 12.2. The average molecular weight is 662 g/mol. The van der Waals surface area contributed by atoms with Gasteiger partial charge in [0.15, 0.2) is 10.9 Å². The number of nitro benzene ring substituents is 1. The number of non-ortho nitro benzene ring substituents is 1. The first kappa shape index (κ1) is 32.0. The number of nitrogens with zero attached hydrogens (tertiary/aromatic N) is 7. The Bertz CT molecular complexity index is 2290. The monoisotopic (exact) mass is 661 g/mol. The van der Waals surface area contributed by atoms with Gasteiger partial charge in [-0.15, -0.1) is 0 Å². The molecule has 0 aliphatic carbocycles. The van der Waals surface area contributed by atoms with Gasteiger partial charge in [-0.3, -0.25) is 33.9 Å². The van der Waals surface area contributed by atoms with E-state index in [1.807, 2.05) is 48.5 Å². The molecule has 0 radical (unpaired) electrons. The number of amides is 1. The van der Waals surface area contributed by atoms with Crippen LogP contribution in [0.5, 0.6) is 0 Å². The minimum absolute atomic E-state index is 0.0249. The zero-order valence-corrected chi connectivity index (χ0v) is 27.6. The van der Waals surface area contributed by atoms with Crippen molar-refractivity contribution in [3.63, 3.8) is 0 Å². The van der Waals surface area contributed by atoms with Crippen LogP contribution in [-0.2, 0) is 18.9 Å². The molecule has 3 aromatic carbocycles. The Morgan fingerprint density at radius 2 is 1.33 bits per heavy atom. The quantitative estimate of drug-likeness (QED) is 0.121. The summed E-state index contributed by atoms with van der Waals surface area (Å²) in [6.45, 7) is 5.33. The predicted octanol–water partition coefficient (Wildman–Crippen LogP) is 5.95. The van der Waals surface area contributed by atoms with E-state index in [-0.39, 0.29) is 32.7 Å². The average Bonchev–Trinajstić information content (AvgIpc) is 3.57. The maximum absolute atomic E-state index is 14.2. The topological polar surface area (TPSA) is 130 Å². The third-order valence-electron chi connectivity index (χ3n) is 8.14. The van der Waals surface area contributed by atoms with Crippen molar-refractivity contribution in [1.82, 2.24) is 18.7 Å². The van der Waals surface area contributed by atoms with Gasteiger partial charge >= 0.3 is 0 Å². The number of allylic oxidation sites excluding steroid dienone is 2. The molecule has 48 heavy (non-hydrogen) atoms. The molecule has 0 saturated carbocycles. The van der Waals surface area contributed by atoms with Crippen LogP contribution in [0.4, 0.5) is 17.1 Å². The van der Waals surface area contributed by atoms with Crippen molar-refractivity contribution in [2.24, 2.45) is 19.1 Å². The van der Waals surface area contributed by atoms with Gasteiger partial charge in [-0.25, -0.2) is 19.3 Å². The molecule has 2 aromatic heterocycles. The Hall–Kier alpha value is -5.95. The highest BCUT2D eigenvalue weighted by atomic mass is 32.2. The van der Waals surface area contributed by atoms with E-state index in [1.165, 1.54) is 26.4 Å². The number of carbonyl (C=O) groups excluding carboxylic acids is 1. The summed E-state index contributed by atoms with van der Waals surface area (Å²) in [4.78, 5) is 59.1. The van der Waals surface area contributed by atoms with Crippen LogP contribution in [0, 0.1) is 24.0 Å². The third kappa shape index (κ3) is 5.64. The number of rotatable bonds is 7. The summed E-state index contributed by atoms with van der Waals surface area (Å²) in [5.41, 5.74) is 3.21. The number of thioether (sulfide) groups is 1. The standard InChI is InChI=1S/C35H31N7O5S/c1-22(20-25-16-18-28(19-17-25)42(46)47)21-29-32(43)39(31-24(3)38(5)41(34(31)45)27-14-10-7-11-15-27)35(48-29)36-30-23(2)37(4)40(33(30)44)26-12-8-6-9-13-26/h6-21H,1-5H3/b22-20+,29-21-,36-35?. The van der Waals surface area contributed by atoms with Gasteiger partial charge in [0.25, 0.3) is 22.7 Å². The zero-order valence-electron chi connectivity index (χ0n) is 26.8. The third-order valence-corrected chi connectivity index (χ3v) is 9.11. The number of nitro groups is 1. The molecule has 1 aliphatic rings. The molecular formula is C35H31N7O5S. The highest BCUT2D eigenvalue weighted by molar-refractivity contribution is 8.19. The lowest BCUT2D eigenvalue weighted by Crippen LogP contribution is -2.34. The van der Waals surface area contributed by atoms with Crippen LogP contribution in [0.15, 0.2) is 116 Å². The maximum atomic E-state index is 14.2. The van der Waals surface area contributed by atoms with Gasteiger partial charge in [0.05, 0.1) is 32.6 Å². The van der Waals surface area contributed by atoms with Crippen molar-refractivity contribution < 1.29 is 9.72 Å². The minimum atomic E-state index is -0.474. The van der Waals surface area contributed by atoms with E-state index in [1.54, 1.807) is 80.6 Å². The molecule has 1 amide bonds. The van der Waals surface area contributed by atoms with E-state index in [9.17, 15) is 24.5 Å². The number of aliphatic imine (C=N–C) groups is 1. The van der Waals surface area contributed by atoms with Gasteiger partial charge in [0, 0.05) is 26.2 Å². The molecule has 12 nitrogen and oxygen atoms in total. The molecule has 1 aliphatic heterocycles. The fraction of sp³-hybridized carbons (Fsp3) is 0.143. The van der Waals surface area contributed by atoms with E-state index < -0.39 is 16.4 Å². The SMILES string of the molecule is CC(/C=C1\SC(=Nc2c(C)n(C)n(-c3ccccc3)c2=O)N(c2c(C)n(C)n(-c3ccccc3)c2=O)C1=O)=C\c1ccc([N+](=O)[O-])cc1. The van der Waals surface area contributed by atoms with Crippen LogP contribution in [0.1, 0.15) is 23.9 Å². The number of anilines is 1. The van der Waals surface area contributed by atoms with Crippen molar-refractivity contribution in [3.05, 3.63) is 149 Å². The Balaban J connectivity index is 1.51. The van der Waals surface area contributed by atoms with Crippen LogP contribution in [0.25, 0.3) is 17.5 Å². The van der Waals surface area contributed by atoms with Crippen LogP contribution >= 0.6 is 11.8 Å². The van der Waals surface area contributed by atoms with Crippen LogP contribution in [-0.4, -0.2) is 34.7 Å². The lowest BCUT2D eigenvalue weighted by molar-refractivity contribution is -0.384. The zero-order chi connectivity index (χ0) is 34.3. The first-order chi connectivity index (χ1) is 23.0. The molecule has 1 saturated heterocycles. The maximum Gasteiger partial charge on any atom is 0.297 e. The summed E-state index contributed by atoms with van der Waals surface area (Å²) in [6, 6.07) is 24.3. The van der Waals surface area contributed by atoms with Crippen molar-refractivity contribution in [2.45, 2.75) is 20.8 Å². The molecule has 6 rings (SSSR count). The Morgan fingerprint density at radius 3 is 1.90 bits per heavy atom. The molecule has 13 heteroatoms. The Labute approximate surface area is 279 Å². The summed E-state index contributed by atoms with van der Waals surface area (Å²) < 4.78 is 6.37. The summed E-state index contributed by atoms with van der Waals surface area (Å²) >= 11 is 1.06. The van der Waals surface area contributed by atoms with E-state index in [4.69, 9.17) is 4.99 Å². The highest BCUT2D eigenvalue weighted by Crippen LogP contribution is 2.37. The molecule has 0 bridgehead atoms. The van der Waals surface area contributed by atoms with E-state index in [0.717, 1.165) is 11.8 Å². The lowest BCUT2D eigenvalue weighted by atomic mass is 10.1. The van der Waals surface area contributed by atoms with Crippen molar-refractivity contribution in [2.75, 3.05) is 4.90 Å². The first-order valence-corrected chi connectivity index (χ1v) is 15.7. The smallest absolute Gasteiger partial charge is 0.283 e. The van der Waals surface area contributed by atoms with Gasteiger partial charge in [-0.1, -0.05) is 42.5 Å². The highest BCUT2D eigenvalue weighted by Gasteiger charge is 2.39. The summed E-state index contributed by atoms with van der Waals surface area (Å²) in [7, 11) is 3.50. The van der Waals surface area contributed by atoms with Crippen molar-refractivity contribution >= 4 is 46.0 Å². The molecule has 0 N–H and O–H groups in total. The molecular weight excluding hydrogens is 630 g/mol. The van der Waals surface area contributed by atoms with Crippen LogP contribution in [0.3, 0.4) is 0 Å². The van der Waals surface area contributed by atoms with Crippen molar-refractivity contribution in [1.29, 1.82) is 0 Å². The Morgan fingerprint density at radius 1 is 0.792 bits per heavy atom. The number of hydrogen-bond donors (Lipinski definition) is 0. The fourth-order valence-electron chi connectivity index (χ4n) is 5.54. The van der Waals surface area contributed by atoms with Gasteiger partial charge in [0.1, 0.15) is 5.69 Å². The van der Waals surface area contributed by atoms with Crippen LogP contribution < -0.4 is 16.0 Å². The predicted molar refractivity (Wildman–Crippen MR) is 188 cm³/mol. The largest absolute Gasteiger partial charge is 0.297 e. The number of carbonyl (C=O) groups is 1. The number of aromatic nitrogens is 4. The number of para-hydroxylation sites is 2. The van der Waals surface area contributed by atoms with E-state index >= 15 is 0 Å². The van der Waals surface area contributed by atoms with Crippen molar-refractivity contribution in [3.8, 4) is 11.4 Å². The summed E-state index contributed by atoms with van der Waals surface area (Å²) in [5.74, 6) is -0.474. The molecule has 1 fully saturated rings.